The van der Waals surface area contributed by atoms with E-state index in [4.69, 9.17) is 24.6 Å². The average molecular weight is 249 g/mol. The van der Waals surface area contributed by atoms with Crippen LogP contribution < -0.4 is 0 Å². The summed E-state index contributed by atoms with van der Waals surface area (Å²) in [4.78, 5) is 21.2. The molecule has 0 aromatic heterocycles. The fraction of sp³-hybridized carbons (Fsp3) is 0.700. The van der Waals surface area contributed by atoms with E-state index in [1.54, 1.807) is 0 Å². The Kier molecular flexibility index (Phi) is 8.55. The van der Waals surface area contributed by atoms with Gasteiger partial charge in [-0.15, -0.1) is 0 Å². The van der Waals surface area contributed by atoms with Gasteiger partial charge in [0.15, 0.2) is 0 Å². The summed E-state index contributed by atoms with van der Waals surface area (Å²) in [6.07, 6.45) is -0.822. The van der Waals surface area contributed by atoms with Crippen LogP contribution in [0.3, 0.4) is 0 Å². The SMILES string of the molecule is C=C(C)C(=O)OC(C)N(OCCO)OCCO. The van der Waals surface area contributed by atoms with E-state index in [2.05, 4.69) is 6.58 Å². The first-order chi connectivity index (χ1) is 8.02. The smallest absolute Gasteiger partial charge is 0.334 e. The minimum absolute atomic E-state index is 0.0135. The maximum Gasteiger partial charge on any atom is 0.334 e. The number of hydrogen-bond donors (Lipinski definition) is 2. The zero-order chi connectivity index (χ0) is 13.3. The second kappa shape index (κ2) is 9.08. The minimum Gasteiger partial charge on any atom is -0.439 e. The number of ether oxygens (including phenoxy) is 1. The number of carbonyl (C=O) groups is 1. The number of rotatable bonds is 9. The van der Waals surface area contributed by atoms with Crippen LogP contribution in [-0.4, -0.2) is 54.1 Å². The van der Waals surface area contributed by atoms with Crippen molar-refractivity contribution in [2.24, 2.45) is 0 Å². The zero-order valence-electron chi connectivity index (χ0n) is 10.1. The highest BCUT2D eigenvalue weighted by molar-refractivity contribution is 5.87. The quantitative estimate of drug-likeness (QED) is 0.249. The summed E-state index contributed by atoms with van der Waals surface area (Å²) in [5.41, 5.74) is 0.251. The van der Waals surface area contributed by atoms with Crippen molar-refractivity contribution in [2.45, 2.75) is 20.1 Å². The molecule has 0 aromatic rings. The summed E-state index contributed by atoms with van der Waals surface area (Å²) in [6.45, 7) is 6.03. The Hall–Kier alpha value is -0.990. The van der Waals surface area contributed by atoms with E-state index in [1.165, 1.54) is 13.8 Å². The van der Waals surface area contributed by atoms with Gasteiger partial charge in [0, 0.05) is 5.57 Å². The molecule has 0 aromatic carbocycles. The molecule has 1 atom stereocenters. The topological polar surface area (TPSA) is 88.5 Å². The van der Waals surface area contributed by atoms with E-state index in [1.807, 2.05) is 0 Å². The highest BCUT2D eigenvalue weighted by Gasteiger charge is 2.20. The van der Waals surface area contributed by atoms with Crippen LogP contribution in [0.4, 0.5) is 0 Å². The molecule has 7 nitrogen and oxygen atoms in total. The van der Waals surface area contributed by atoms with Gasteiger partial charge in [0.25, 0.3) is 0 Å². The number of nitrogens with zero attached hydrogens (tertiary/aromatic N) is 1. The normalized spacial score (nSPS) is 12.5. The third kappa shape index (κ3) is 7.03. The van der Waals surface area contributed by atoms with Gasteiger partial charge in [-0.2, -0.15) is 0 Å². The number of carbonyl (C=O) groups excluding carboxylic acids is 1. The van der Waals surface area contributed by atoms with Crippen molar-refractivity contribution in [1.29, 1.82) is 0 Å². The second-order valence-electron chi connectivity index (χ2n) is 3.18. The molecule has 0 spiro atoms. The molecule has 0 radical (unpaired) electrons. The third-order valence-corrected chi connectivity index (χ3v) is 1.54. The van der Waals surface area contributed by atoms with Gasteiger partial charge >= 0.3 is 5.97 Å². The molecule has 0 saturated heterocycles. The fourth-order valence-corrected chi connectivity index (χ4v) is 0.807. The maximum atomic E-state index is 11.2. The summed E-state index contributed by atoms with van der Waals surface area (Å²) in [6, 6.07) is 0. The van der Waals surface area contributed by atoms with Crippen LogP contribution in [0.15, 0.2) is 12.2 Å². The highest BCUT2D eigenvalue weighted by Crippen LogP contribution is 2.06. The van der Waals surface area contributed by atoms with E-state index in [-0.39, 0.29) is 32.0 Å². The van der Waals surface area contributed by atoms with Gasteiger partial charge in [-0.1, -0.05) is 6.58 Å². The Labute approximate surface area is 100 Å². The Morgan fingerprint density at radius 2 is 1.76 bits per heavy atom. The summed E-state index contributed by atoms with van der Waals surface area (Å²) >= 11 is 0. The molecule has 0 rings (SSSR count). The number of hydroxylamine groups is 2. The minimum atomic E-state index is -0.822. The van der Waals surface area contributed by atoms with E-state index in [9.17, 15) is 4.79 Å². The van der Waals surface area contributed by atoms with Crippen LogP contribution in [0.5, 0.6) is 0 Å². The van der Waals surface area contributed by atoms with Gasteiger partial charge in [-0.25, -0.2) is 4.79 Å². The van der Waals surface area contributed by atoms with Crippen molar-refractivity contribution in [2.75, 3.05) is 26.4 Å². The molecule has 0 aliphatic heterocycles. The average Bonchev–Trinajstić information content (AvgIpc) is 2.28. The largest absolute Gasteiger partial charge is 0.439 e. The van der Waals surface area contributed by atoms with Crippen LogP contribution in [0, 0.1) is 0 Å². The number of hydrogen-bond acceptors (Lipinski definition) is 7. The predicted octanol–water partition coefficient (Wildman–Crippen LogP) is -0.399. The zero-order valence-corrected chi connectivity index (χ0v) is 10.1. The van der Waals surface area contributed by atoms with Crippen molar-refractivity contribution < 1.29 is 29.4 Å². The molecular weight excluding hydrogens is 230 g/mol. The van der Waals surface area contributed by atoms with E-state index >= 15 is 0 Å². The van der Waals surface area contributed by atoms with E-state index in [0.29, 0.717) is 0 Å². The molecule has 0 aliphatic rings. The van der Waals surface area contributed by atoms with Gasteiger partial charge in [0.05, 0.1) is 26.4 Å². The molecule has 0 amide bonds. The number of aliphatic hydroxyl groups excluding tert-OH is 2. The van der Waals surface area contributed by atoms with Crippen LogP contribution in [0.25, 0.3) is 0 Å². The van der Waals surface area contributed by atoms with E-state index in [0.717, 1.165) is 5.23 Å². The lowest BCUT2D eigenvalue weighted by atomic mass is 10.4. The standard InChI is InChI=1S/C10H19NO6/c1-8(2)10(14)17-9(3)11(15-6-4-12)16-7-5-13/h9,12-13H,1,4-7H2,2-3H3. The van der Waals surface area contributed by atoms with Crippen LogP contribution >= 0.6 is 0 Å². The highest BCUT2D eigenvalue weighted by atomic mass is 17.0. The van der Waals surface area contributed by atoms with Crippen molar-refractivity contribution in [3.05, 3.63) is 12.2 Å². The molecule has 1 unspecified atom stereocenters. The third-order valence-electron chi connectivity index (χ3n) is 1.54. The first-order valence-corrected chi connectivity index (χ1v) is 5.16. The van der Waals surface area contributed by atoms with Crippen molar-refractivity contribution in [1.82, 2.24) is 5.23 Å². The molecule has 7 heteroatoms. The van der Waals surface area contributed by atoms with Gasteiger partial charge < -0.3 is 14.9 Å². The molecule has 0 fully saturated rings. The lowest BCUT2D eigenvalue weighted by molar-refractivity contribution is -0.416. The second-order valence-corrected chi connectivity index (χ2v) is 3.18. The first-order valence-electron chi connectivity index (χ1n) is 5.16. The Morgan fingerprint density at radius 1 is 1.29 bits per heavy atom. The molecule has 0 heterocycles. The summed E-state index contributed by atoms with van der Waals surface area (Å²) in [5, 5.41) is 18.1. The van der Waals surface area contributed by atoms with Gasteiger partial charge in [-0.05, 0) is 19.1 Å². The summed E-state index contributed by atoms with van der Waals surface area (Å²) < 4.78 is 4.94. The molecule has 0 aliphatic carbocycles. The Bertz CT molecular complexity index is 237. The molecular formula is C10H19NO6. The van der Waals surface area contributed by atoms with Gasteiger partial charge in [0.2, 0.25) is 6.23 Å². The maximum absolute atomic E-state index is 11.2. The van der Waals surface area contributed by atoms with Crippen molar-refractivity contribution in [3.8, 4) is 0 Å². The van der Waals surface area contributed by atoms with Crippen LogP contribution in [-0.2, 0) is 19.2 Å². The lowest BCUT2D eigenvalue weighted by Crippen LogP contribution is -2.38. The van der Waals surface area contributed by atoms with Gasteiger partial charge in [0.1, 0.15) is 0 Å². The molecule has 100 valence electrons. The summed E-state index contributed by atoms with van der Waals surface area (Å²) in [7, 11) is 0. The van der Waals surface area contributed by atoms with Crippen LogP contribution in [0.1, 0.15) is 13.8 Å². The Balaban J connectivity index is 4.24. The molecule has 17 heavy (non-hydrogen) atoms. The van der Waals surface area contributed by atoms with Crippen molar-refractivity contribution >= 4 is 5.97 Å². The van der Waals surface area contributed by atoms with Gasteiger partial charge in [-0.3, -0.25) is 9.68 Å². The monoisotopic (exact) mass is 249 g/mol. The Morgan fingerprint density at radius 3 is 2.12 bits per heavy atom. The number of aliphatic hydroxyl groups is 2. The molecule has 0 saturated carbocycles. The predicted molar refractivity (Wildman–Crippen MR) is 58.3 cm³/mol. The number of esters is 1. The van der Waals surface area contributed by atoms with Crippen LogP contribution in [0.2, 0.25) is 0 Å². The lowest BCUT2D eigenvalue weighted by Gasteiger charge is -2.25. The van der Waals surface area contributed by atoms with Crippen molar-refractivity contribution in [3.63, 3.8) is 0 Å². The van der Waals surface area contributed by atoms with E-state index < -0.39 is 12.2 Å². The molecule has 2 N–H and O–H groups in total. The summed E-state index contributed by atoms with van der Waals surface area (Å²) in [5.74, 6) is -0.581. The first kappa shape index (κ1) is 16.0. The molecule has 0 bridgehead atoms. The fourth-order valence-electron chi connectivity index (χ4n) is 0.807.